The average Bonchev–Trinajstić information content (AvgIpc) is 3.58. The summed E-state index contributed by atoms with van der Waals surface area (Å²) >= 11 is 0.908. The first-order chi connectivity index (χ1) is 21.8. The zero-order chi connectivity index (χ0) is 32.1. The molecule has 4 aromatic rings. The molecule has 1 atom stereocenters. The number of nitrogens with zero attached hydrogens (tertiary/aromatic N) is 2. The second kappa shape index (κ2) is 13.5. The van der Waals surface area contributed by atoms with Crippen molar-refractivity contribution in [2.75, 3.05) is 25.7 Å². The molecule has 0 radical (unpaired) electrons. The van der Waals surface area contributed by atoms with Crippen LogP contribution in [0.5, 0.6) is 17.2 Å². The van der Waals surface area contributed by atoms with Crippen molar-refractivity contribution in [2.45, 2.75) is 19.6 Å². The minimum atomic E-state index is -1.11. The first-order valence-electron chi connectivity index (χ1n) is 13.8. The van der Waals surface area contributed by atoms with Crippen molar-refractivity contribution in [1.82, 2.24) is 4.98 Å². The van der Waals surface area contributed by atoms with Crippen LogP contribution < -0.4 is 19.1 Å². The van der Waals surface area contributed by atoms with Gasteiger partial charge in [-0.25, -0.2) is 9.78 Å². The van der Waals surface area contributed by atoms with E-state index < -0.39 is 23.7 Å². The molecule has 1 unspecified atom stereocenters. The normalized spacial score (nSPS) is 15.5. The third-order valence-corrected chi connectivity index (χ3v) is 8.19. The molecular formula is C34H30N2O8S. The van der Waals surface area contributed by atoms with Crippen LogP contribution in [0.3, 0.4) is 0 Å². The van der Waals surface area contributed by atoms with Crippen LogP contribution in [0.25, 0.3) is 5.76 Å². The summed E-state index contributed by atoms with van der Waals surface area (Å²) in [4.78, 5) is 45.7. The lowest BCUT2D eigenvalue weighted by Crippen LogP contribution is -2.29. The van der Waals surface area contributed by atoms with Crippen molar-refractivity contribution in [3.63, 3.8) is 0 Å². The Bertz CT molecular complexity index is 1780. The van der Waals surface area contributed by atoms with Gasteiger partial charge in [0, 0.05) is 5.56 Å². The van der Waals surface area contributed by atoms with Gasteiger partial charge in [-0.15, -0.1) is 0 Å². The number of Topliss-reactive ketones (excluding diaryl/α,β-unsaturated/α-hetero) is 1. The zero-order valence-electron chi connectivity index (χ0n) is 24.8. The van der Waals surface area contributed by atoms with Crippen LogP contribution in [-0.4, -0.2) is 48.6 Å². The van der Waals surface area contributed by atoms with E-state index in [1.54, 1.807) is 49.4 Å². The monoisotopic (exact) mass is 626 g/mol. The summed E-state index contributed by atoms with van der Waals surface area (Å²) in [6.07, 6.45) is 1.44. The molecule has 1 aliphatic rings. The van der Waals surface area contributed by atoms with Gasteiger partial charge >= 0.3 is 11.9 Å². The number of aliphatic hydroxyl groups is 1. The lowest BCUT2D eigenvalue weighted by atomic mass is 9.95. The quantitative estimate of drug-likeness (QED) is 0.0700. The molecule has 0 aliphatic carbocycles. The number of carbonyl (C=O) groups excluding carboxylic acids is 3. The second-order valence-electron chi connectivity index (χ2n) is 9.88. The SMILES string of the molecule is C=CCOC(=O)c1sc(N2C(=O)C(=O)/C(=C(/O)c3ccc(OCc4ccccc4)cc3)C2c2ccc(OC)c(OC)c2)nc1C. The fourth-order valence-corrected chi connectivity index (χ4v) is 5.84. The Balaban J connectivity index is 1.57. The number of rotatable bonds is 11. The van der Waals surface area contributed by atoms with E-state index in [0.29, 0.717) is 40.7 Å². The molecule has 45 heavy (non-hydrogen) atoms. The molecule has 11 heteroatoms. The number of thiazole rings is 1. The van der Waals surface area contributed by atoms with E-state index in [0.717, 1.165) is 16.9 Å². The van der Waals surface area contributed by atoms with Gasteiger partial charge in [-0.1, -0.05) is 60.4 Å². The Morgan fingerprint density at radius 2 is 1.73 bits per heavy atom. The maximum atomic E-state index is 13.6. The van der Waals surface area contributed by atoms with Crippen LogP contribution in [0.4, 0.5) is 5.13 Å². The number of aryl methyl sites for hydroxylation is 1. The smallest absolute Gasteiger partial charge is 0.350 e. The third kappa shape index (κ3) is 6.29. The number of methoxy groups -OCH3 is 2. The fraction of sp³-hybridized carbons (Fsp3) is 0.176. The lowest BCUT2D eigenvalue weighted by Gasteiger charge is -2.23. The van der Waals surface area contributed by atoms with E-state index in [4.69, 9.17) is 18.9 Å². The largest absolute Gasteiger partial charge is 0.507 e. The molecule has 10 nitrogen and oxygen atoms in total. The number of amides is 1. The Labute approximate surface area is 263 Å². The Hall–Kier alpha value is -5.42. The summed E-state index contributed by atoms with van der Waals surface area (Å²) in [6.45, 7) is 5.50. The molecule has 230 valence electrons. The van der Waals surface area contributed by atoms with Crippen molar-refractivity contribution in [2.24, 2.45) is 0 Å². The second-order valence-corrected chi connectivity index (χ2v) is 10.9. The minimum absolute atomic E-state index is 0.00223. The highest BCUT2D eigenvalue weighted by atomic mass is 32.1. The molecule has 3 aromatic carbocycles. The van der Waals surface area contributed by atoms with E-state index >= 15 is 0 Å². The Morgan fingerprint density at radius 1 is 1.02 bits per heavy atom. The van der Waals surface area contributed by atoms with Crippen LogP contribution in [0.2, 0.25) is 0 Å². The van der Waals surface area contributed by atoms with Crippen LogP contribution in [0, 0.1) is 6.92 Å². The topological polar surface area (TPSA) is 124 Å². The van der Waals surface area contributed by atoms with E-state index in [1.807, 2.05) is 30.3 Å². The van der Waals surface area contributed by atoms with Gasteiger partial charge in [-0.2, -0.15) is 0 Å². The van der Waals surface area contributed by atoms with Gasteiger partial charge in [-0.3, -0.25) is 14.5 Å². The molecule has 2 heterocycles. The molecule has 0 spiro atoms. The number of carbonyl (C=O) groups is 3. The molecule has 1 aromatic heterocycles. The molecule has 1 aliphatic heterocycles. The predicted molar refractivity (Wildman–Crippen MR) is 169 cm³/mol. The van der Waals surface area contributed by atoms with Crippen molar-refractivity contribution >= 4 is 39.9 Å². The summed E-state index contributed by atoms with van der Waals surface area (Å²) in [6, 6.07) is 20.0. The van der Waals surface area contributed by atoms with Crippen LogP contribution in [0.1, 0.15) is 38.1 Å². The lowest BCUT2D eigenvalue weighted by molar-refractivity contribution is -0.132. The standard InChI is InChI=1S/C34H30N2O8S/c1-5-17-43-33(40)31-20(2)35-34(45-31)36-28(23-13-16-25(41-3)26(18-23)42-4)27(30(38)32(36)39)29(37)22-11-14-24(15-12-22)44-19-21-9-7-6-8-10-21/h5-16,18,28,37H,1,17,19H2,2-4H3/b29-27+. The number of ether oxygens (including phenoxy) is 4. The fourth-order valence-electron chi connectivity index (χ4n) is 4.85. The van der Waals surface area contributed by atoms with E-state index in [-0.39, 0.29) is 27.9 Å². The highest BCUT2D eigenvalue weighted by Gasteiger charge is 2.48. The maximum Gasteiger partial charge on any atom is 0.350 e. The summed E-state index contributed by atoms with van der Waals surface area (Å²) in [5.41, 5.74) is 1.90. The van der Waals surface area contributed by atoms with Crippen molar-refractivity contribution in [1.29, 1.82) is 0 Å². The number of hydrogen-bond donors (Lipinski definition) is 1. The van der Waals surface area contributed by atoms with Crippen LogP contribution in [0.15, 0.2) is 91.0 Å². The number of esters is 1. The summed E-state index contributed by atoms with van der Waals surface area (Å²) in [5, 5.41) is 11.6. The van der Waals surface area contributed by atoms with Gasteiger partial charge in [0.05, 0.1) is 31.5 Å². The first kappa shape index (κ1) is 31.0. The summed E-state index contributed by atoms with van der Waals surface area (Å²) in [7, 11) is 2.95. The van der Waals surface area contributed by atoms with Gasteiger partial charge in [0.25, 0.3) is 5.78 Å². The number of hydrogen-bond acceptors (Lipinski definition) is 10. The Morgan fingerprint density at radius 3 is 2.40 bits per heavy atom. The highest BCUT2D eigenvalue weighted by Crippen LogP contribution is 2.45. The number of benzene rings is 3. The first-order valence-corrected chi connectivity index (χ1v) is 14.6. The van der Waals surface area contributed by atoms with Gasteiger partial charge < -0.3 is 24.1 Å². The molecule has 1 fully saturated rings. The third-order valence-electron chi connectivity index (χ3n) is 7.05. The van der Waals surface area contributed by atoms with Crippen molar-refractivity contribution in [3.8, 4) is 17.2 Å². The van der Waals surface area contributed by atoms with Gasteiger partial charge in [0.15, 0.2) is 16.6 Å². The maximum absolute atomic E-state index is 13.6. The predicted octanol–water partition coefficient (Wildman–Crippen LogP) is 6.02. The molecule has 1 amide bonds. The highest BCUT2D eigenvalue weighted by molar-refractivity contribution is 7.17. The van der Waals surface area contributed by atoms with Crippen molar-refractivity contribution in [3.05, 3.63) is 118 Å². The summed E-state index contributed by atoms with van der Waals surface area (Å²) in [5.74, 6) is -1.51. The zero-order valence-corrected chi connectivity index (χ0v) is 25.6. The van der Waals surface area contributed by atoms with E-state index in [2.05, 4.69) is 11.6 Å². The molecular weight excluding hydrogens is 596 g/mol. The number of ketones is 1. The van der Waals surface area contributed by atoms with E-state index in [1.165, 1.54) is 25.2 Å². The van der Waals surface area contributed by atoms with Gasteiger partial charge in [-0.05, 0) is 54.4 Å². The molecule has 1 saturated heterocycles. The summed E-state index contributed by atoms with van der Waals surface area (Å²) < 4.78 is 21.9. The van der Waals surface area contributed by atoms with Crippen LogP contribution in [-0.2, 0) is 20.9 Å². The average molecular weight is 627 g/mol. The molecule has 5 rings (SSSR count). The van der Waals surface area contributed by atoms with Gasteiger partial charge in [0.1, 0.15) is 29.6 Å². The minimum Gasteiger partial charge on any atom is -0.507 e. The number of aromatic nitrogens is 1. The van der Waals surface area contributed by atoms with E-state index in [9.17, 15) is 19.5 Å². The number of aliphatic hydroxyl groups excluding tert-OH is 1. The van der Waals surface area contributed by atoms with Crippen molar-refractivity contribution < 1.29 is 38.4 Å². The van der Waals surface area contributed by atoms with Crippen LogP contribution >= 0.6 is 11.3 Å². The number of anilines is 1. The Kier molecular flexibility index (Phi) is 9.29. The molecule has 0 saturated carbocycles. The molecule has 1 N–H and O–H groups in total. The van der Waals surface area contributed by atoms with Gasteiger partial charge in [0.2, 0.25) is 0 Å². The molecule has 0 bridgehead atoms.